The normalized spacial score (nSPS) is 13.4. The highest BCUT2D eigenvalue weighted by Crippen LogP contribution is 2.36. The molecule has 2 aromatic heterocycles. The van der Waals surface area contributed by atoms with E-state index in [1.165, 1.54) is 23.5 Å². The van der Waals surface area contributed by atoms with Crippen molar-refractivity contribution in [1.29, 1.82) is 0 Å². The van der Waals surface area contributed by atoms with Crippen molar-refractivity contribution in [3.8, 4) is 11.3 Å². The number of aromatic nitrogens is 3. The fourth-order valence-corrected chi connectivity index (χ4v) is 4.37. The molecule has 0 amide bonds. The molecule has 0 atom stereocenters. The van der Waals surface area contributed by atoms with E-state index in [0.717, 1.165) is 5.56 Å². The Morgan fingerprint density at radius 3 is 2.71 bits per heavy atom. The third-order valence-electron chi connectivity index (χ3n) is 4.62. The van der Waals surface area contributed by atoms with Gasteiger partial charge in [-0.05, 0) is 42.5 Å². The van der Waals surface area contributed by atoms with Gasteiger partial charge in [0.15, 0.2) is 5.82 Å². The summed E-state index contributed by atoms with van der Waals surface area (Å²) < 4.78 is 14.9. The minimum Gasteiger partial charge on any atom is -0.510 e. The Bertz CT molecular complexity index is 1340. The third kappa shape index (κ3) is 2.63. The summed E-state index contributed by atoms with van der Waals surface area (Å²) in [6.45, 7) is 0.181. The molecule has 3 heterocycles. The van der Waals surface area contributed by atoms with E-state index >= 15 is 0 Å². The number of nitrogens with zero attached hydrogens (tertiary/aromatic N) is 3. The molecule has 0 spiro atoms. The van der Waals surface area contributed by atoms with Crippen molar-refractivity contribution in [1.82, 2.24) is 14.5 Å². The summed E-state index contributed by atoms with van der Waals surface area (Å²) >= 11 is 7.42. The molecule has 0 fully saturated rings. The van der Waals surface area contributed by atoms with Crippen molar-refractivity contribution < 1.29 is 9.50 Å². The number of fused-ring (bicyclic) bond motifs is 3. The summed E-state index contributed by atoms with van der Waals surface area (Å²) in [4.78, 5) is 21.2. The zero-order valence-electron chi connectivity index (χ0n) is 14.2. The lowest BCUT2D eigenvalue weighted by atomic mass is 10.2. The van der Waals surface area contributed by atoms with Crippen LogP contribution in [-0.2, 0) is 6.54 Å². The van der Waals surface area contributed by atoms with Crippen LogP contribution in [0.2, 0.25) is 5.02 Å². The second-order valence-corrected chi connectivity index (χ2v) is 7.65. The lowest BCUT2D eigenvalue weighted by Gasteiger charge is -2.09. The fourth-order valence-electron chi connectivity index (χ4n) is 3.31. The Morgan fingerprint density at radius 1 is 1.14 bits per heavy atom. The van der Waals surface area contributed by atoms with Crippen molar-refractivity contribution >= 4 is 39.4 Å². The zero-order valence-corrected chi connectivity index (χ0v) is 15.8. The maximum Gasteiger partial charge on any atom is 0.281 e. The first kappa shape index (κ1) is 17.1. The number of hydrogen-bond donors (Lipinski definition) is 1. The molecule has 0 saturated carbocycles. The molecule has 2 aromatic carbocycles. The van der Waals surface area contributed by atoms with Crippen molar-refractivity contribution in [2.24, 2.45) is 0 Å². The number of aliphatic hydroxyl groups is 1. The van der Waals surface area contributed by atoms with E-state index in [0.29, 0.717) is 38.0 Å². The second kappa shape index (κ2) is 6.25. The van der Waals surface area contributed by atoms with Crippen LogP contribution in [0.15, 0.2) is 58.4 Å². The van der Waals surface area contributed by atoms with Crippen molar-refractivity contribution in [3.63, 3.8) is 0 Å². The van der Waals surface area contributed by atoms with E-state index in [9.17, 15) is 14.3 Å². The summed E-state index contributed by atoms with van der Waals surface area (Å²) in [5, 5.41) is 13.9. The molecule has 28 heavy (non-hydrogen) atoms. The molecule has 1 N–H and O–H groups in total. The van der Waals surface area contributed by atoms with Crippen LogP contribution >= 0.6 is 22.9 Å². The standard InChI is InChI=1S/C20H11ClFN3O2S/c21-11-3-6-13-15(7-11)25-8-16(26)17(18(25)24-19(13)27)20-23-14(9-28-20)10-1-4-12(22)5-2-10/h1-7,9,26H,8H2. The smallest absolute Gasteiger partial charge is 0.281 e. The maximum absolute atomic E-state index is 13.2. The van der Waals surface area contributed by atoms with E-state index in [1.807, 2.05) is 5.38 Å². The highest BCUT2D eigenvalue weighted by atomic mass is 35.5. The first-order chi connectivity index (χ1) is 13.5. The Hall–Kier alpha value is -3.03. The summed E-state index contributed by atoms with van der Waals surface area (Å²) in [6, 6.07) is 11.0. The fraction of sp³-hybridized carbons (Fsp3) is 0.0500. The molecule has 8 heteroatoms. The third-order valence-corrected chi connectivity index (χ3v) is 5.72. The predicted molar refractivity (Wildman–Crippen MR) is 107 cm³/mol. The van der Waals surface area contributed by atoms with E-state index in [-0.39, 0.29) is 23.7 Å². The van der Waals surface area contributed by atoms with Crippen molar-refractivity contribution in [2.75, 3.05) is 0 Å². The number of allylic oxidation sites excluding steroid dienone is 1. The molecule has 5 rings (SSSR count). The number of benzene rings is 2. The molecule has 4 aromatic rings. The molecule has 138 valence electrons. The summed E-state index contributed by atoms with van der Waals surface area (Å²) in [6.07, 6.45) is 0. The van der Waals surface area contributed by atoms with Crippen LogP contribution in [0.1, 0.15) is 10.8 Å². The highest BCUT2D eigenvalue weighted by molar-refractivity contribution is 7.11. The summed E-state index contributed by atoms with van der Waals surface area (Å²) in [7, 11) is 0. The van der Waals surface area contributed by atoms with Crippen LogP contribution in [0.3, 0.4) is 0 Å². The van der Waals surface area contributed by atoms with E-state index < -0.39 is 0 Å². The monoisotopic (exact) mass is 411 g/mol. The van der Waals surface area contributed by atoms with Gasteiger partial charge in [0.05, 0.1) is 28.7 Å². The molecular weight excluding hydrogens is 401 g/mol. The highest BCUT2D eigenvalue weighted by Gasteiger charge is 2.28. The van der Waals surface area contributed by atoms with Gasteiger partial charge in [-0.3, -0.25) is 4.79 Å². The van der Waals surface area contributed by atoms with Crippen LogP contribution in [0, 0.1) is 5.82 Å². The molecular formula is C20H11ClFN3O2S. The zero-order chi connectivity index (χ0) is 19.4. The second-order valence-electron chi connectivity index (χ2n) is 6.35. The Labute approximate surface area is 167 Å². The van der Waals surface area contributed by atoms with E-state index in [1.54, 1.807) is 34.9 Å². The first-order valence-electron chi connectivity index (χ1n) is 8.36. The van der Waals surface area contributed by atoms with Gasteiger partial charge >= 0.3 is 0 Å². The van der Waals surface area contributed by atoms with Gasteiger partial charge in [-0.2, -0.15) is 4.98 Å². The molecule has 1 aliphatic heterocycles. The van der Waals surface area contributed by atoms with Gasteiger partial charge in [-0.25, -0.2) is 9.37 Å². The van der Waals surface area contributed by atoms with Crippen LogP contribution < -0.4 is 5.56 Å². The summed E-state index contributed by atoms with van der Waals surface area (Å²) in [5.41, 5.74) is 2.07. The van der Waals surface area contributed by atoms with Gasteiger partial charge in [0.1, 0.15) is 16.6 Å². The van der Waals surface area contributed by atoms with Crippen LogP contribution in [0.25, 0.3) is 27.7 Å². The SMILES string of the molecule is O=c1nc2n(c3cc(Cl)ccc13)CC(O)=C2c1nc(-c2ccc(F)cc2)cs1. The first-order valence-corrected chi connectivity index (χ1v) is 9.61. The molecule has 1 aliphatic rings. The number of thiazole rings is 1. The van der Waals surface area contributed by atoms with E-state index in [4.69, 9.17) is 11.6 Å². The minimum absolute atomic E-state index is 0.0828. The predicted octanol–water partition coefficient (Wildman–Crippen LogP) is 4.64. The molecule has 0 saturated heterocycles. The van der Waals surface area contributed by atoms with Crippen LogP contribution in [0.4, 0.5) is 4.39 Å². The molecule has 5 nitrogen and oxygen atoms in total. The largest absolute Gasteiger partial charge is 0.510 e. The van der Waals surface area contributed by atoms with Crippen molar-refractivity contribution in [2.45, 2.75) is 6.54 Å². The van der Waals surface area contributed by atoms with Gasteiger partial charge in [0.25, 0.3) is 5.56 Å². The maximum atomic E-state index is 13.2. The van der Waals surface area contributed by atoms with Gasteiger partial charge in [-0.1, -0.05) is 11.6 Å². The van der Waals surface area contributed by atoms with Gasteiger partial charge in [0.2, 0.25) is 0 Å². The molecule has 0 bridgehead atoms. The lowest BCUT2D eigenvalue weighted by molar-refractivity contribution is 0.389. The number of halogens is 2. The average molecular weight is 412 g/mol. The summed E-state index contributed by atoms with van der Waals surface area (Å²) in [5.74, 6) is 0.120. The molecule has 0 radical (unpaired) electrons. The van der Waals surface area contributed by atoms with Gasteiger partial charge < -0.3 is 9.67 Å². The van der Waals surface area contributed by atoms with Crippen LogP contribution in [-0.4, -0.2) is 19.6 Å². The van der Waals surface area contributed by atoms with Crippen molar-refractivity contribution in [3.05, 3.63) is 85.6 Å². The number of rotatable bonds is 2. The van der Waals surface area contributed by atoms with Crippen LogP contribution in [0.5, 0.6) is 0 Å². The lowest BCUT2D eigenvalue weighted by Crippen LogP contribution is -2.15. The number of aliphatic hydroxyl groups excluding tert-OH is 1. The molecule has 0 aliphatic carbocycles. The number of hydrogen-bond acceptors (Lipinski definition) is 5. The quantitative estimate of drug-likeness (QED) is 0.521. The Morgan fingerprint density at radius 2 is 1.93 bits per heavy atom. The molecule has 0 unspecified atom stereocenters. The topological polar surface area (TPSA) is 68.0 Å². The van der Waals surface area contributed by atoms with Gasteiger partial charge in [-0.15, -0.1) is 11.3 Å². The minimum atomic E-state index is -0.388. The average Bonchev–Trinajstić information content (AvgIpc) is 3.26. The Balaban J connectivity index is 1.65. The Kier molecular flexibility index (Phi) is 3.82. The van der Waals surface area contributed by atoms with E-state index in [2.05, 4.69) is 9.97 Å². The van der Waals surface area contributed by atoms with Gasteiger partial charge in [0, 0.05) is 16.0 Å².